The molecule has 0 amide bonds. The Morgan fingerprint density at radius 1 is 1.44 bits per heavy atom. The van der Waals surface area contributed by atoms with Gasteiger partial charge in [0.15, 0.2) is 0 Å². The SMILES string of the molecule is CCCNc1cc(N(C)CCSC)ncn1. The van der Waals surface area contributed by atoms with Gasteiger partial charge in [0.25, 0.3) is 0 Å². The molecule has 90 valence electrons. The summed E-state index contributed by atoms with van der Waals surface area (Å²) in [5.41, 5.74) is 0. The quantitative estimate of drug-likeness (QED) is 0.790. The molecule has 0 aliphatic heterocycles. The molecule has 0 aromatic carbocycles. The average molecular weight is 240 g/mol. The number of hydrogen-bond acceptors (Lipinski definition) is 5. The van der Waals surface area contributed by atoms with Crippen molar-refractivity contribution in [2.24, 2.45) is 0 Å². The summed E-state index contributed by atoms with van der Waals surface area (Å²) >= 11 is 1.84. The van der Waals surface area contributed by atoms with Crippen molar-refractivity contribution in [2.75, 3.05) is 42.4 Å². The topological polar surface area (TPSA) is 41.0 Å². The molecule has 5 heteroatoms. The first kappa shape index (κ1) is 13.1. The summed E-state index contributed by atoms with van der Waals surface area (Å²) in [7, 11) is 2.06. The molecule has 0 bridgehead atoms. The molecule has 1 rings (SSSR count). The summed E-state index contributed by atoms with van der Waals surface area (Å²) in [4.78, 5) is 10.6. The third kappa shape index (κ3) is 4.26. The van der Waals surface area contributed by atoms with Crippen LogP contribution in [0.3, 0.4) is 0 Å². The molecular weight excluding hydrogens is 220 g/mol. The molecule has 0 radical (unpaired) electrons. The molecule has 0 saturated heterocycles. The van der Waals surface area contributed by atoms with Crippen LogP contribution in [-0.4, -0.2) is 42.1 Å². The Hall–Kier alpha value is -0.970. The van der Waals surface area contributed by atoms with Gasteiger partial charge < -0.3 is 10.2 Å². The Morgan fingerprint density at radius 3 is 2.94 bits per heavy atom. The fraction of sp³-hybridized carbons (Fsp3) is 0.636. The van der Waals surface area contributed by atoms with Crippen molar-refractivity contribution in [3.63, 3.8) is 0 Å². The third-order valence-corrected chi connectivity index (χ3v) is 2.82. The molecule has 4 nitrogen and oxygen atoms in total. The first-order chi connectivity index (χ1) is 7.77. The van der Waals surface area contributed by atoms with E-state index in [1.807, 2.05) is 17.8 Å². The Kier molecular flexibility index (Phi) is 6.00. The molecular formula is C11H20N4S. The van der Waals surface area contributed by atoms with E-state index >= 15 is 0 Å². The van der Waals surface area contributed by atoms with Crippen LogP contribution in [0.25, 0.3) is 0 Å². The normalized spacial score (nSPS) is 10.2. The molecule has 0 spiro atoms. The summed E-state index contributed by atoms with van der Waals surface area (Å²) in [6.45, 7) is 4.09. The van der Waals surface area contributed by atoms with E-state index in [9.17, 15) is 0 Å². The molecule has 1 aromatic heterocycles. The Bertz CT molecular complexity index is 306. The summed E-state index contributed by atoms with van der Waals surface area (Å²) in [5.74, 6) is 2.99. The van der Waals surface area contributed by atoms with Crippen LogP contribution in [-0.2, 0) is 0 Å². The number of hydrogen-bond donors (Lipinski definition) is 1. The van der Waals surface area contributed by atoms with Crippen molar-refractivity contribution >= 4 is 23.4 Å². The molecule has 1 N–H and O–H groups in total. The van der Waals surface area contributed by atoms with Gasteiger partial charge in [-0.15, -0.1) is 0 Å². The van der Waals surface area contributed by atoms with Gasteiger partial charge in [-0.1, -0.05) is 6.92 Å². The van der Waals surface area contributed by atoms with E-state index < -0.39 is 0 Å². The Balaban J connectivity index is 2.58. The molecule has 0 aliphatic carbocycles. The molecule has 1 aromatic rings. The van der Waals surface area contributed by atoms with Gasteiger partial charge in [-0.3, -0.25) is 0 Å². The van der Waals surface area contributed by atoms with E-state index in [2.05, 4.69) is 40.4 Å². The standard InChI is InChI=1S/C11H20N4S/c1-4-5-12-10-8-11(14-9-13-10)15(2)6-7-16-3/h8-9H,4-7H2,1-3H3,(H,12,13,14). The first-order valence-electron chi connectivity index (χ1n) is 5.54. The van der Waals surface area contributed by atoms with Gasteiger partial charge in [-0.2, -0.15) is 11.8 Å². The van der Waals surface area contributed by atoms with Crippen LogP contribution < -0.4 is 10.2 Å². The highest BCUT2D eigenvalue weighted by atomic mass is 32.2. The summed E-state index contributed by atoms with van der Waals surface area (Å²) in [5, 5.41) is 3.26. The molecule has 0 unspecified atom stereocenters. The van der Waals surface area contributed by atoms with Gasteiger partial charge >= 0.3 is 0 Å². The third-order valence-electron chi connectivity index (χ3n) is 2.23. The second kappa shape index (κ2) is 7.33. The van der Waals surface area contributed by atoms with Crippen LogP contribution in [0.5, 0.6) is 0 Å². The molecule has 0 fully saturated rings. The van der Waals surface area contributed by atoms with Crippen molar-refractivity contribution in [1.29, 1.82) is 0 Å². The van der Waals surface area contributed by atoms with E-state index in [0.29, 0.717) is 0 Å². The average Bonchev–Trinajstić information content (AvgIpc) is 2.33. The van der Waals surface area contributed by atoms with Crippen molar-refractivity contribution < 1.29 is 0 Å². The zero-order valence-corrected chi connectivity index (χ0v) is 11.0. The molecule has 0 saturated carbocycles. The van der Waals surface area contributed by atoms with E-state index in [0.717, 1.165) is 36.9 Å². The maximum atomic E-state index is 4.27. The van der Waals surface area contributed by atoms with Crippen molar-refractivity contribution in [3.05, 3.63) is 12.4 Å². The monoisotopic (exact) mass is 240 g/mol. The number of nitrogens with one attached hydrogen (secondary N) is 1. The number of nitrogens with zero attached hydrogens (tertiary/aromatic N) is 3. The van der Waals surface area contributed by atoms with Gasteiger partial charge in [0.05, 0.1) is 0 Å². The largest absolute Gasteiger partial charge is 0.370 e. The number of anilines is 2. The van der Waals surface area contributed by atoms with Crippen LogP contribution in [0, 0.1) is 0 Å². The summed E-state index contributed by atoms with van der Waals surface area (Å²) in [6, 6.07) is 2.00. The molecule has 16 heavy (non-hydrogen) atoms. The van der Waals surface area contributed by atoms with Crippen molar-refractivity contribution in [2.45, 2.75) is 13.3 Å². The van der Waals surface area contributed by atoms with Gasteiger partial charge in [0.1, 0.15) is 18.0 Å². The number of thioether (sulfide) groups is 1. The smallest absolute Gasteiger partial charge is 0.133 e. The van der Waals surface area contributed by atoms with Crippen LogP contribution in [0.4, 0.5) is 11.6 Å². The minimum atomic E-state index is 0.905. The molecule has 1 heterocycles. The second-order valence-corrected chi connectivity index (χ2v) is 4.59. The lowest BCUT2D eigenvalue weighted by Crippen LogP contribution is -2.21. The van der Waals surface area contributed by atoms with E-state index in [1.54, 1.807) is 6.33 Å². The van der Waals surface area contributed by atoms with E-state index in [4.69, 9.17) is 0 Å². The van der Waals surface area contributed by atoms with Crippen LogP contribution in [0.2, 0.25) is 0 Å². The highest BCUT2D eigenvalue weighted by Crippen LogP contribution is 2.12. The zero-order valence-electron chi connectivity index (χ0n) is 10.2. The predicted molar refractivity (Wildman–Crippen MR) is 72.5 cm³/mol. The molecule has 0 aliphatic rings. The van der Waals surface area contributed by atoms with E-state index in [-0.39, 0.29) is 0 Å². The maximum Gasteiger partial charge on any atom is 0.133 e. The lowest BCUT2D eigenvalue weighted by Gasteiger charge is -2.17. The predicted octanol–water partition coefficient (Wildman–Crippen LogP) is 2.10. The highest BCUT2D eigenvalue weighted by Gasteiger charge is 2.03. The summed E-state index contributed by atoms with van der Waals surface area (Å²) < 4.78 is 0. The number of rotatable bonds is 7. The van der Waals surface area contributed by atoms with Gasteiger partial charge in [-0.25, -0.2) is 9.97 Å². The fourth-order valence-electron chi connectivity index (χ4n) is 1.25. The Morgan fingerprint density at radius 2 is 2.25 bits per heavy atom. The van der Waals surface area contributed by atoms with Crippen molar-refractivity contribution in [1.82, 2.24) is 9.97 Å². The van der Waals surface area contributed by atoms with Crippen LogP contribution in [0.1, 0.15) is 13.3 Å². The van der Waals surface area contributed by atoms with Gasteiger partial charge in [0.2, 0.25) is 0 Å². The maximum absolute atomic E-state index is 4.27. The fourth-order valence-corrected chi connectivity index (χ4v) is 1.70. The number of aromatic nitrogens is 2. The molecule has 0 atom stereocenters. The van der Waals surface area contributed by atoms with Crippen LogP contribution in [0.15, 0.2) is 12.4 Å². The van der Waals surface area contributed by atoms with Gasteiger partial charge in [-0.05, 0) is 12.7 Å². The minimum absolute atomic E-state index is 0.905. The highest BCUT2D eigenvalue weighted by molar-refractivity contribution is 7.98. The van der Waals surface area contributed by atoms with E-state index in [1.165, 1.54) is 0 Å². The Labute approximate surface area is 102 Å². The lowest BCUT2D eigenvalue weighted by atomic mass is 10.4. The first-order valence-corrected chi connectivity index (χ1v) is 6.93. The lowest BCUT2D eigenvalue weighted by molar-refractivity contribution is 0.927. The zero-order chi connectivity index (χ0) is 11.8. The summed E-state index contributed by atoms with van der Waals surface area (Å²) in [6.07, 6.45) is 4.83. The van der Waals surface area contributed by atoms with Crippen LogP contribution >= 0.6 is 11.8 Å². The van der Waals surface area contributed by atoms with Gasteiger partial charge in [0, 0.05) is 32.0 Å². The minimum Gasteiger partial charge on any atom is -0.370 e. The van der Waals surface area contributed by atoms with Crippen molar-refractivity contribution in [3.8, 4) is 0 Å². The second-order valence-electron chi connectivity index (χ2n) is 3.60.